The molecule has 0 saturated carbocycles. The number of carbonyl (C=O) groups is 1. The Labute approximate surface area is 130 Å². The summed E-state index contributed by atoms with van der Waals surface area (Å²) >= 11 is 5.03. The maximum absolute atomic E-state index is 11.1. The van der Waals surface area contributed by atoms with E-state index in [1.54, 1.807) is 14.0 Å². The summed E-state index contributed by atoms with van der Waals surface area (Å²) in [4.78, 5) is 13.8. The fourth-order valence-corrected chi connectivity index (χ4v) is 2.80. The molecule has 1 aliphatic heterocycles. The van der Waals surface area contributed by atoms with Gasteiger partial charge in [0, 0.05) is 43.7 Å². The first-order valence-corrected chi connectivity index (χ1v) is 7.36. The van der Waals surface area contributed by atoms with Crippen molar-refractivity contribution < 1.29 is 9.53 Å². The van der Waals surface area contributed by atoms with E-state index in [0.717, 1.165) is 42.9 Å². The SMILES string of the molecule is COc1ccc(C(N)=S)cc1CN1CCC(NC(C)=O)C1. The number of amides is 1. The molecule has 0 aliphatic carbocycles. The van der Waals surface area contributed by atoms with Gasteiger partial charge in [0.2, 0.25) is 5.91 Å². The Balaban J connectivity index is 2.07. The molecule has 3 N–H and O–H groups in total. The number of ether oxygens (including phenoxy) is 1. The zero-order chi connectivity index (χ0) is 15.4. The van der Waals surface area contributed by atoms with Crippen LogP contribution in [0, 0.1) is 0 Å². The largest absolute Gasteiger partial charge is 0.496 e. The summed E-state index contributed by atoms with van der Waals surface area (Å²) in [5.41, 5.74) is 7.60. The van der Waals surface area contributed by atoms with E-state index in [1.807, 2.05) is 18.2 Å². The summed E-state index contributed by atoms with van der Waals surface area (Å²) in [5.74, 6) is 0.855. The molecule has 0 spiro atoms. The van der Waals surface area contributed by atoms with Gasteiger partial charge >= 0.3 is 0 Å². The molecule has 114 valence electrons. The van der Waals surface area contributed by atoms with Crippen molar-refractivity contribution in [1.29, 1.82) is 0 Å². The number of hydrogen-bond donors (Lipinski definition) is 2. The van der Waals surface area contributed by atoms with Gasteiger partial charge in [-0.05, 0) is 24.6 Å². The second kappa shape index (κ2) is 6.87. The molecule has 0 bridgehead atoms. The summed E-state index contributed by atoms with van der Waals surface area (Å²) in [7, 11) is 1.66. The number of thiocarbonyl (C=S) groups is 1. The summed E-state index contributed by atoms with van der Waals surface area (Å²) in [6, 6.07) is 5.97. The minimum atomic E-state index is 0.0231. The lowest BCUT2D eigenvalue weighted by Gasteiger charge is -2.18. The molecule has 1 unspecified atom stereocenters. The maximum Gasteiger partial charge on any atom is 0.217 e. The second-order valence-electron chi connectivity index (χ2n) is 5.31. The van der Waals surface area contributed by atoms with Crippen LogP contribution in [0.2, 0.25) is 0 Å². The molecule has 0 aromatic heterocycles. The van der Waals surface area contributed by atoms with Crippen molar-refractivity contribution >= 4 is 23.1 Å². The Morgan fingerprint density at radius 1 is 1.57 bits per heavy atom. The Morgan fingerprint density at radius 3 is 2.95 bits per heavy atom. The monoisotopic (exact) mass is 307 g/mol. The zero-order valence-electron chi connectivity index (χ0n) is 12.4. The van der Waals surface area contributed by atoms with Gasteiger partial charge in [0.1, 0.15) is 10.7 Å². The molecule has 1 aliphatic rings. The van der Waals surface area contributed by atoms with Crippen LogP contribution in [0.25, 0.3) is 0 Å². The molecule has 1 aromatic carbocycles. The highest BCUT2D eigenvalue weighted by molar-refractivity contribution is 7.80. The highest BCUT2D eigenvalue weighted by Gasteiger charge is 2.23. The van der Waals surface area contributed by atoms with E-state index in [-0.39, 0.29) is 11.9 Å². The Hall–Kier alpha value is -1.66. The Morgan fingerprint density at radius 2 is 2.33 bits per heavy atom. The standard InChI is InChI=1S/C15H21N3O2S/c1-10(19)17-13-5-6-18(9-13)8-12-7-11(15(16)21)3-4-14(12)20-2/h3-4,7,13H,5-6,8-9H2,1-2H3,(H2,16,21)(H,17,19). The van der Waals surface area contributed by atoms with Crippen molar-refractivity contribution in [3.05, 3.63) is 29.3 Å². The van der Waals surface area contributed by atoms with Crippen LogP contribution in [0.3, 0.4) is 0 Å². The molecular formula is C15H21N3O2S. The van der Waals surface area contributed by atoms with Gasteiger partial charge in [-0.3, -0.25) is 9.69 Å². The summed E-state index contributed by atoms with van der Waals surface area (Å²) in [6.45, 7) is 4.11. The van der Waals surface area contributed by atoms with E-state index in [4.69, 9.17) is 22.7 Å². The van der Waals surface area contributed by atoms with Crippen LogP contribution in [0.5, 0.6) is 5.75 Å². The maximum atomic E-state index is 11.1. The van der Waals surface area contributed by atoms with Crippen molar-refractivity contribution in [3.8, 4) is 5.75 Å². The highest BCUT2D eigenvalue weighted by Crippen LogP contribution is 2.23. The summed E-state index contributed by atoms with van der Waals surface area (Å²) in [5, 5.41) is 2.96. The van der Waals surface area contributed by atoms with E-state index < -0.39 is 0 Å². The first-order chi connectivity index (χ1) is 9.99. The fourth-order valence-electron chi connectivity index (χ4n) is 2.68. The van der Waals surface area contributed by atoms with E-state index in [0.29, 0.717) is 4.99 Å². The van der Waals surface area contributed by atoms with Crippen LogP contribution in [0.1, 0.15) is 24.5 Å². The summed E-state index contributed by atoms with van der Waals surface area (Å²) in [6.07, 6.45) is 0.969. The number of nitrogens with zero attached hydrogens (tertiary/aromatic N) is 1. The average Bonchev–Trinajstić information content (AvgIpc) is 2.85. The number of carbonyl (C=O) groups excluding carboxylic acids is 1. The number of nitrogens with one attached hydrogen (secondary N) is 1. The molecule has 5 nitrogen and oxygen atoms in total. The van der Waals surface area contributed by atoms with Gasteiger partial charge in [0.15, 0.2) is 0 Å². The number of hydrogen-bond acceptors (Lipinski definition) is 4. The molecule has 6 heteroatoms. The number of methoxy groups -OCH3 is 1. The normalized spacial score (nSPS) is 18.5. The van der Waals surface area contributed by atoms with E-state index in [2.05, 4.69) is 10.2 Å². The third-order valence-electron chi connectivity index (χ3n) is 3.64. The lowest BCUT2D eigenvalue weighted by Crippen LogP contribution is -2.35. The van der Waals surface area contributed by atoms with Gasteiger partial charge in [-0.1, -0.05) is 12.2 Å². The van der Waals surface area contributed by atoms with E-state index >= 15 is 0 Å². The first kappa shape index (κ1) is 15.7. The van der Waals surface area contributed by atoms with Gasteiger partial charge in [-0.2, -0.15) is 0 Å². The smallest absolute Gasteiger partial charge is 0.217 e. The van der Waals surface area contributed by atoms with Crippen LogP contribution in [-0.4, -0.2) is 42.0 Å². The predicted molar refractivity (Wildman–Crippen MR) is 86.4 cm³/mol. The van der Waals surface area contributed by atoms with Crippen LogP contribution >= 0.6 is 12.2 Å². The lowest BCUT2D eigenvalue weighted by molar-refractivity contribution is -0.119. The molecule has 1 atom stereocenters. The van der Waals surface area contributed by atoms with Gasteiger partial charge in [-0.25, -0.2) is 0 Å². The van der Waals surface area contributed by atoms with Crippen LogP contribution in [-0.2, 0) is 11.3 Å². The molecule has 1 heterocycles. The van der Waals surface area contributed by atoms with Crippen molar-refractivity contribution in [3.63, 3.8) is 0 Å². The fraction of sp³-hybridized carbons (Fsp3) is 0.467. The number of rotatable bonds is 5. The molecule has 1 aromatic rings. The topological polar surface area (TPSA) is 67.6 Å². The average molecular weight is 307 g/mol. The van der Waals surface area contributed by atoms with Gasteiger partial charge in [-0.15, -0.1) is 0 Å². The second-order valence-corrected chi connectivity index (χ2v) is 5.75. The zero-order valence-corrected chi connectivity index (χ0v) is 13.2. The van der Waals surface area contributed by atoms with E-state index in [9.17, 15) is 4.79 Å². The molecule has 2 rings (SSSR count). The minimum Gasteiger partial charge on any atom is -0.496 e. The third kappa shape index (κ3) is 4.15. The van der Waals surface area contributed by atoms with Crippen LogP contribution in [0.4, 0.5) is 0 Å². The molecule has 1 fully saturated rings. The van der Waals surface area contributed by atoms with Crippen LogP contribution in [0.15, 0.2) is 18.2 Å². The van der Waals surface area contributed by atoms with Crippen molar-refractivity contribution in [2.24, 2.45) is 5.73 Å². The number of likely N-dealkylation sites (tertiary alicyclic amines) is 1. The lowest BCUT2D eigenvalue weighted by atomic mass is 10.1. The van der Waals surface area contributed by atoms with Crippen molar-refractivity contribution in [2.75, 3.05) is 20.2 Å². The first-order valence-electron chi connectivity index (χ1n) is 6.95. The quantitative estimate of drug-likeness (QED) is 0.796. The molecule has 1 saturated heterocycles. The van der Waals surface area contributed by atoms with Crippen LogP contribution < -0.4 is 15.8 Å². The molecule has 1 amide bonds. The third-order valence-corrected chi connectivity index (χ3v) is 3.87. The van der Waals surface area contributed by atoms with Gasteiger partial charge in [0.05, 0.1) is 7.11 Å². The number of benzene rings is 1. The minimum absolute atomic E-state index is 0.0231. The van der Waals surface area contributed by atoms with E-state index in [1.165, 1.54) is 0 Å². The number of nitrogens with two attached hydrogens (primary N) is 1. The Kier molecular flexibility index (Phi) is 5.14. The van der Waals surface area contributed by atoms with Crippen molar-refractivity contribution in [1.82, 2.24) is 10.2 Å². The summed E-state index contributed by atoms with van der Waals surface area (Å²) < 4.78 is 5.40. The van der Waals surface area contributed by atoms with Gasteiger partial charge in [0.25, 0.3) is 0 Å². The van der Waals surface area contributed by atoms with Gasteiger partial charge < -0.3 is 15.8 Å². The Bertz CT molecular complexity index is 548. The highest BCUT2D eigenvalue weighted by atomic mass is 32.1. The predicted octanol–water partition coefficient (Wildman–Crippen LogP) is 1.04. The molecular weight excluding hydrogens is 286 g/mol. The molecule has 0 radical (unpaired) electrons. The molecule has 21 heavy (non-hydrogen) atoms. The van der Waals surface area contributed by atoms with Crippen molar-refractivity contribution in [2.45, 2.75) is 25.9 Å².